The minimum atomic E-state index is -3.95. The van der Waals surface area contributed by atoms with Gasteiger partial charge in [0.25, 0.3) is 0 Å². The molecule has 1 atom stereocenters. The molecule has 0 spiro atoms. The van der Waals surface area contributed by atoms with Gasteiger partial charge in [0.1, 0.15) is 9.79 Å². The van der Waals surface area contributed by atoms with E-state index in [1.807, 2.05) is 0 Å². The molecule has 0 radical (unpaired) electrons. The van der Waals surface area contributed by atoms with Gasteiger partial charge in [-0.1, -0.05) is 12.1 Å². The summed E-state index contributed by atoms with van der Waals surface area (Å²) in [6.45, 7) is 2.67. The zero-order chi connectivity index (χ0) is 17.3. The molecular weight excluding hydrogens is 338 g/mol. The Morgan fingerprint density at radius 3 is 2.17 bits per heavy atom. The number of nitrogens with two attached hydrogens (primary N) is 1. The van der Waals surface area contributed by atoms with Crippen molar-refractivity contribution in [2.24, 2.45) is 5.73 Å². The van der Waals surface area contributed by atoms with Crippen molar-refractivity contribution in [3.63, 3.8) is 0 Å². The average molecular weight is 361 g/mol. The molecule has 130 valence electrons. The highest BCUT2D eigenvalue weighted by atomic mass is 32.2. The smallest absolute Gasteiger partial charge is 0.244 e. The quantitative estimate of drug-likeness (QED) is 0.792. The van der Waals surface area contributed by atoms with Crippen LogP contribution in [0.15, 0.2) is 34.1 Å². The number of hydrogen-bond acceptors (Lipinski definition) is 5. The second kappa shape index (κ2) is 6.86. The Labute approximate surface area is 138 Å². The normalized spacial score (nSPS) is 18.4. The minimum Gasteiger partial charge on any atom is -0.329 e. The maximum atomic E-state index is 12.8. The Kier molecular flexibility index (Phi) is 5.47. The number of sulfonamides is 2. The third-order valence-corrected chi connectivity index (χ3v) is 8.27. The predicted molar refractivity (Wildman–Crippen MR) is 87.9 cm³/mol. The number of hydrogen-bond donors (Lipinski definition) is 1. The predicted octanol–water partition coefficient (Wildman–Crippen LogP) is 0.439. The number of rotatable bonds is 6. The van der Waals surface area contributed by atoms with Gasteiger partial charge in [0.15, 0.2) is 0 Å². The van der Waals surface area contributed by atoms with E-state index in [4.69, 9.17) is 5.73 Å². The summed E-state index contributed by atoms with van der Waals surface area (Å²) >= 11 is 0. The van der Waals surface area contributed by atoms with Crippen LogP contribution in [0, 0.1) is 0 Å². The number of nitrogens with zero attached hydrogens (tertiary/aromatic N) is 2. The summed E-state index contributed by atoms with van der Waals surface area (Å²) in [4.78, 5) is -0.368. The molecule has 1 unspecified atom stereocenters. The molecule has 2 N–H and O–H groups in total. The first-order chi connectivity index (χ1) is 10.7. The van der Waals surface area contributed by atoms with Gasteiger partial charge in [-0.25, -0.2) is 16.8 Å². The highest BCUT2D eigenvalue weighted by molar-refractivity contribution is 7.92. The molecular formula is C14H23N3O4S2. The van der Waals surface area contributed by atoms with E-state index in [1.54, 1.807) is 6.92 Å². The molecule has 7 nitrogen and oxygen atoms in total. The highest BCUT2D eigenvalue weighted by Gasteiger charge is 2.35. The van der Waals surface area contributed by atoms with Gasteiger partial charge < -0.3 is 5.73 Å². The van der Waals surface area contributed by atoms with Gasteiger partial charge in [0, 0.05) is 32.7 Å². The molecule has 0 bridgehead atoms. The second-order valence-electron chi connectivity index (χ2n) is 5.66. The Morgan fingerprint density at radius 2 is 1.65 bits per heavy atom. The van der Waals surface area contributed by atoms with E-state index in [0.717, 1.165) is 17.1 Å². The van der Waals surface area contributed by atoms with Gasteiger partial charge >= 0.3 is 0 Å². The molecule has 1 heterocycles. The van der Waals surface area contributed by atoms with Gasteiger partial charge in [0.05, 0.1) is 0 Å². The standard InChI is InChI=1S/C14H23N3O4S2/c1-12(11-15)16(2)22(18,19)13-7-3-4-8-14(13)23(20,21)17-9-5-6-10-17/h3-4,7-8,12H,5-6,9-11,15H2,1-2H3. The van der Waals surface area contributed by atoms with E-state index in [-0.39, 0.29) is 16.3 Å². The van der Waals surface area contributed by atoms with E-state index in [1.165, 1.54) is 35.6 Å². The lowest BCUT2D eigenvalue weighted by Gasteiger charge is -2.25. The van der Waals surface area contributed by atoms with Crippen LogP contribution in [0.25, 0.3) is 0 Å². The minimum absolute atomic E-state index is 0.150. The monoisotopic (exact) mass is 361 g/mol. The van der Waals surface area contributed by atoms with Crippen molar-refractivity contribution in [2.75, 3.05) is 26.7 Å². The van der Waals surface area contributed by atoms with Crippen molar-refractivity contribution >= 4 is 20.0 Å². The second-order valence-corrected chi connectivity index (χ2v) is 9.54. The zero-order valence-electron chi connectivity index (χ0n) is 13.3. The van der Waals surface area contributed by atoms with E-state index >= 15 is 0 Å². The molecule has 0 saturated carbocycles. The van der Waals surface area contributed by atoms with Crippen LogP contribution in [0.4, 0.5) is 0 Å². The maximum Gasteiger partial charge on any atom is 0.244 e. The lowest BCUT2D eigenvalue weighted by molar-refractivity contribution is 0.393. The summed E-state index contributed by atoms with van der Waals surface area (Å²) in [5, 5.41) is 0. The molecule has 2 rings (SSSR count). The van der Waals surface area contributed by atoms with Crippen molar-refractivity contribution in [2.45, 2.75) is 35.6 Å². The van der Waals surface area contributed by atoms with Crippen LogP contribution in [0.2, 0.25) is 0 Å². The molecule has 0 aromatic heterocycles. The summed E-state index contributed by atoms with van der Waals surface area (Å²) in [6, 6.07) is 5.31. The van der Waals surface area contributed by atoms with Crippen LogP contribution < -0.4 is 5.73 Å². The summed E-state index contributed by atoms with van der Waals surface area (Å²) in [6.07, 6.45) is 1.58. The molecule has 0 amide bonds. The van der Waals surface area contributed by atoms with Gasteiger partial charge in [-0.3, -0.25) is 0 Å². The highest BCUT2D eigenvalue weighted by Crippen LogP contribution is 2.28. The molecule has 1 aromatic carbocycles. The van der Waals surface area contributed by atoms with Gasteiger partial charge in [-0.2, -0.15) is 8.61 Å². The molecule has 23 heavy (non-hydrogen) atoms. The lowest BCUT2D eigenvalue weighted by Crippen LogP contribution is -2.40. The molecule has 0 aliphatic carbocycles. The summed E-state index contributed by atoms with van der Waals surface area (Å²) < 4.78 is 53.6. The van der Waals surface area contributed by atoms with Crippen LogP contribution in [-0.2, 0) is 20.0 Å². The Balaban J connectivity index is 2.54. The fraction of sp³-hybridized carbons (Fsp3) is 0.571. The van der Waals surface area contributed by atoms with Crippen molar-refractivity contribution in [1.82, 2.24) is 8.61 Å². The maximum absolute atomic E-state index is 12.8. The van der Waals surface area contributed by atoms with Crippen molar-refractivity contribution < 1.29 is 16.8 Å². The molecule has 1 saturated heterocycles. The molecule has 9 heteroatoms. The number of benzene rings is 1. The largest absolute Gasteiger partial charge is 0.329 e. The van der Waals surface area contributed by atoms with Gasteiger partial charge in [-0.15, -0.1) is 0 Å². The van der Waals surface area contributed by atoms with Crippen LogP contribution in [0.5, 0.6) is 0 Å². The van der Waals surface area contributed by atoms with Crippen LogP contribution in [-0.4, -0.2) is 58.2 Å². The Hall–Kier alpha value is -1.00. The van der Waals surface area contributed by atoms with E-state index in [2.05, 4.69) is 0 Å². The lowest BCUT2D eigenvalue weighted by atomic mass is 10.4. The first-order valence-electron chi connectivity index (χ1n) is 7.50. The topological polar surface area (TPSA) is 101 Å². The number of likely N-dealkylation sites (N-methyl/N-ethyl adjacent to an activating group) is 1. The fourth-order valence-electron chi connectivity index (χ4n) is 2.48. The fourth-order valence-corrected chi connectivity index (χ4v) is 6.15. The van der Waals surface area contributed by atoms with E-state index < -0.39 is 26.1 Å². The van der Waals surface area contributed by atoms with Crippen LogP contribution in [0.1, 0.15) is 19.8 Å². The zero-order valence-corrected chi connectivity index (χ0v) is 15.0. The SMILES string of the molecule is CC(CN)N(C)S(=O)(=O)c1ccccc1S(=O)(=O)N1CCCC1. The van der Waals surface area contributed by atoms with E-state index in [9.17, 15) is 16.8 Å². The Morgan fingerprint density at radius 1 is 1.13 bits per heavy atom. The first-order valence-corrected chi connectivity index (χ1v) is 10.4. The molecule has 1 aliphatic heterocycles. The summed E-state index contributed by atoms with van der Waals surface area (Å²) in [5.41, 5.74) is 5.54. The van der Waals surface area contributed by atoms with Crippen molar-refractivity contribution in [3.8, 4) is 0 Å². The van der Waals surface area contributed by atoms with Crippen LogP contribution in [0.3, 0.4) is 0 Å². The third kappa shape index (κ3) is 3.43. The first kappa shape index (κ1) is 18.3. The average Bonchev–Trinajstić information content (AvgIpc) is 3.08. The van der Waals surface area contributed by atoms with Gasteiger partial charge in [0.2, 0.25) is 20.0 Å². The van der Waals surface area contributed by atoms with Gasteiger partial charge in [-0.05, 0) is 31.9 Å². The van der Waals surface area contributed by atoms with E-state index in [0.29, 0.717) is 13.1 Å². The molecule has 1 fully saturated rings. The van der Waals surface area contributed by atoms with Crippen LogP contribution >= 0.6 is 0 Å². The van der Waals surface area contributed by atoms with Crippen molar-refractivity contribution in [1.29, 1.82) is 0 Å². The summed E-state index contributed by atoms with van der Waals surface area (Å²) in [7, 11) is -6.36. The third-order valence-electron chi connectivity index (χ3n) is 4.15. The summed E-state index contributed by atoms with van der Waals surface area (Å²) in [5.74, 6) is 0. The molecule has 1 aromatic rings. The van der Waals surface area contributed by atoms with Crippen molar-refractivity contribution in [3.05, 3.63) is 24.3 Å². The Bertz CT molecular complexity index is 756. The molecule has 1 aliphatic rings.